The number of anilines is 1. The number of aromatic nitrogens is 2. The largest absolute Gasteiger partial charge is 0.482 e. The van der Waals surface area contributed by atoms with Gasteiger partial charge in [0, 0.05) is 63.2 Å². The molecule has 0 radical (unpaired) electrons. The Labute approximate surface area is 213 Å². The number of rotatable bonds is 9. The van der Waals surface area contributed by atoms with Gasteiger partial charge in [-0.1, -0.05) is 0 Å². The van der Waals surface area contributed by atoms with Gasteiger partial charge in [-0.25, -0.2) is 18.8 Å². The second kappa shape index (κ2) is 14.0. The van der Waals surface area contributed by atoms with Crippen LogP contribution >= 0.6 is 0 Å². The van der Waals surface area contributed by atoms with Crippen molar-refractivity contribution in [2.45, 2.75) is 19.1 Å². The Morgan fingerprint density at radius 2 is 1.63 bits per heavy atom. The molecule has 208 valence electrons. The number of ether oxygens (including phenoxy) is 1. The molecule has 0 aliphatic carbocycles. The Hall–Kier alpha value is -4.14. The van der Waals surface area contributed by atoms with Gasteiger partial charge in [0.2, 0.25) is 0 Å². The average molecular weight is 546 g/mol. The molecule has 0 spiro atoms. The van der Waals surface area contributed by atoms with Crippen LogP contribution in [0.2, 0.25) is 0 Å². The van der Waals surface area contributed by atoms with E-state index in [1.807, 2.05) is 4.90 Å². The lowest BCUT2D eigenvalue weighted by atomic mass is 10.2. The zero-order valence-electron chi connectivity index (χ0n) is 20.0. The molecule has 38 heavy (non-hydrogen) atoms. The predicted molar refractivity (Wildman–Crippen MR) is 127 cm³/mol. The van der Waals surface area contributed by atoms with E-state index in [2.05, 4.69) is 9.88 Å². The maximum absolute atomic E-state index is 13.5. The first-order valence-electron chi connectivity index (χ1n) is 11.2. The number of aliphatic carboxylic acids is 2. The van der Waals surface area contributed by atoms with E-state index in [4.69, 9.17) is 14.9 Å². The number of nitrogens with one attached hydrogen (secondary N) is 1. The average Bonchev–Trinajstić information content (AvgIpc) is 2.84. The highest BCUT2D eigenvalue weighted by molar-refractivity contribution is 5.89. The molecule has 1 aliphatic heterocycles. The van der Waals surface area contributed by atoms with Gasteiger partial charge >= 0.3 is 23.8 Å². The number of carbonyl (C=O) groups is 2. The van der Waals surface area contributed by atoms with E-state index in [0.29, 0.717) is 63.5 Å². The molecule has 2 aromatic rings. The number of piperazine rings is 1. The van der Waals surface area contributed by atoms with Crippen LogP contribution in [0.15, 0.2) is 52.2 Å². The topological polar surface area (TPSA) is 145 Å². The molecule has 1 aromatic heterocycles. The summed E-state index contributed by atoms with van der Waals surface area (Å²) < 4.78 is 56.9. The first-order valence-corrected chi connectivity index (χ1v) is 11.2. The molecule has 1 saturated heterocycles. The quantitative estimate of drug-likeness (QED) is 0.315. The van der Waals surface area contributed by atoms with Gasteiger partial charge in [0.25, 0.3) is 5.56 Å². The highest BCUT2D eigenvalue weighted by atomic mass is 19.4. The van der Waals surface area contributed by atoms with E-state index < -0.39 is 36.2 Å². The smallest absolute Gasteiger partial charge is 0.422 e. The third-order valence-electron chi connectivity index (χ3n) is 5.19. The van der Waals surface area contributed by atoms with Gasteiger partial charge in [0.05, 0.1) is 5.69 Å². The van der Waals surface area contributed by atoms with Crippen LogP contribution in [0.25, 0.3) is 0 Å². The highest BCUT2D eigenvalue weighted by Crippen LogP contribution is 2.31. The Morgan fingerprint density at radius 1 is 1.00 bits per heavy atom. The molecule has 0 saturated carbocycles. The van der Waals surface area contributed by atoms with Crippen LogP contribution in [0.1, 0.15) is 6.42 Å². The minimum absolute atomic E-state index is 0.136. The maximum Gasteiger partial charge on any atom is 0.422 e. The number of H-pyrrole nitrogens is 1. The molecule has 0 atom stereocenters. The second-order valence-electron chi connectivity index (χ2n) is 7.98. The third-order valence-corrected chi connectivity index (χ3v) is 5.19. The van der Waals surface area contributed by atoms with E-state index in [0.717, 1.165) is 10.6 Å². The molecule has 2 heterocycles. The fourth-order valence-corrected chi connectivity index (χ4v) is 3.50. The Bertz CT molecular complexity index is 1190. The number of carboxylic acids is 2. The molecule has 3 rings (SSSR count). The van der Waals surface area contributed by atoms with Crippen LogP contribution in [0.5, 0.6) is 5.75 Å². The summed E-state index contributed by atoms with van der Waals surface area (Å²) in [6.45, 7) is 1.80. The molecule has 15 heteroatoms. The monoisotopic (exact) mass is 546 g/mol. The van der Waals surface area contributed by atoms with Crippen LogP contribution in [-0.4, -0.2) is 82.1 Å². The molecule has 0 bridgehead atoms. The molecular formula is C23H26F4N4O7. The zero-order chi connectivity index (χ0) is 28.3. The van der Waals surface area contributed by atoms with Crippen molar-refractivity contribution in [2.75, 3.05) is 44.2 Å². The van der Waals surface area contributed by atoms with Gasteiger partial charge in [-0.2, -0.15) is 13.2 Å². The van der Waals surface area contributed by atoms with Crippen molar-refractivity contribution >= 4 is 17.6 Å². The van der Waals surface area contributed by atoms with Crippen molar-refractivity contribution in [1.82, 2.24) is 14.5 Å². The fraction of sp³-hybridized carbons (Fsp3) is 0.391. The van der Waals surface area contributed by atoms with Crippen molar-refractivity contribution in [3.8, 4) is 5.75 Å². The highest BCUT2D eigenvalue weighted by Gasteiger charge is 2.29. The molecule has 0 unspecified atom stereocenters. The number of halogens is 4. The lowest BCUT2D eigenvalue weighted by molar-refractivity contribution is -0.153. The lowest BCUT2D eigenvalue weighted by Gasteiger charge is -2.36. The summed E-state index contributed by atoms with van der Waals surface area (Å²) in [6, 6.07) is 4.87. The van der Waals surface area contributed by atoms with Gasteiger partial charge < -0.3 is 24.8 Å². The van der Waals surface area contributed by atoms with Crippen molar-refractivity contribution in [2.24, 2.45) is 0 Å². The van der Waals surface area contributed by atoms with Crippen molar-refractivity contribution in [1.29, 1.82) is 0 Å². The van der Waals surface area contributed by atoms with Crippen molar-refractivity contribution < 1.29 is 42.1 Å². The minimum atomic E-state index is -4.51. The number of alkyl halides is 3. The summed E-state index contributed by atoms with van der Waals surface area (Å²) in [5.74, 6) is -3.32. The molecule has 1 aromatic carbocycles. The van der Waals surface area contributed by atoms with Gasteiger partial charge in [-0.15, -0.1) is 0 Å². The summed E-state index contributed by atoms with van der Waals surface area (Å²) in [6.07, 6.45) is -1.48. The van der Waals surface area contributed by atoms with Crippen LogP contribution in [-0.2, 0) is 16.1 Å². The SMILES string of the molecule is O=C(O)/C=C/C(=O)O.O=c1cc[nH]c(=O)n1CCCN1CCN(c2ccc(F)cc2OCC(F)(F)F)CC1. The summed E-state index contributed by atoms with van der Waals surface area (Å²) in [5, 5.41) is 15.6. The normalized spacial score (nSPS) is 14.2. The Morgan fingerprint density at radius 3 is 2.18 bits per heavy atom. The number of carboxylic acid groups (broad SMARTS) is 2. The molecule has 3 N–H and O–H groups in total. The molecule has 0 amide bonds. The number of benzene rings is 1. The van der Waals surface area contributed by atoms with E-state index in [-0.39, 0.29) is 11.3 Å². The first kappa shape index (κ1) is 30.1. The predicted octanol–water partition coefficient (Wildman–Crippen LogP) is 1.54. The molecule has 1 aliphatic rings. The third kappa shape index (κ3) is 10.5. The molecule has 11 nitrogen and oxygen atoms in total. The Kier molecular flexibility index (Phi) is 11.1. The molecule has 1 fully saturated rings. The second-order valence-corrected chi connectivity index (χ2v) is 7.98. The number of nitrogens with zero attached hydrogens (tertiary/aromatic N) is 3. The van der Waals surface area contributed by atoms with Crippen molar-refractivity contribution in [3.05, 3.63) is 69.3 Å². The van der Waals surface area contributed by atoms with Crippen LogP contribution < -0.4 is 20.9 Å². The summed E-state index contributed by atoms with van der Waals surface area (Å²) in [7, 11) is 0. The number of aromatic amines is 1. The Balaban J connectivity index is 0.000000550. The van der Waals surface area contributed by atoms with Crippen molar-refractivity contribution in [3.63, 3.8) is 0 Å². The summed E-state index contributed by atoms with van der Waals surface area (Å²) >= 11 is 0. The van der Waals surface area contributed by atoms with E-state index in [9.17, 15) is 36.7 Å². The van der Waals surface area contributed by atoms with E-state index in [1.54, 1.807) is 0 Å². The zero-order valence-corrected chi connectivity index (χ0v) is 20.0. The summed E-state index contributed by atoms with van der Waals surface area (Å²) in [4.78, 5) is 48.9. The lowest BCUT2D eigenvalue weighted by Crippen LogP contribution is -2.47. The van der Waals surface area contributed by atoms with E-state index >= 15 is 0 Å². The van der Waals surface area contributed by atoms with Gasteiger partial charge in [-0.3, -0.25) is 14.3 Å². The van der Waals surface area contributed by atoms with Gasteiger partial charge in [0.1, 0.15) is 11.6 Å². The maximum atomic E-state index is 13.5. The van der Waals surface area contributed by atoms with Gasteiger partial charge in [-0.05, 0) is 25.1 Å². The standard InChI is InChI=1S/C19H22F4N4O3.C4H4O4/c20-14-2-3-15(16(12-14)30-13-19(21,22)23)26-10-8-25(9-11-26)6-1-7-27-17(28)4-5-24-18(27)29;5-3(6)1-2-4(7)8/h2-5,12H,1,6-11,13H2,(H,24,29);1-2H,(H,5,6)(H,7,8)/b;2-1+. The number of hydrogen-bond donors (Lipinski definition) is 3. The fourth-order valence-electron chi connectivity index (χ4n) is 3.50. The van der Waals surface area contributed by atoms with Gasteiger partial charge in [0.15, 0.2) is 6.61 Å². The van der Waals surface area contributed by atoms with Crippen LogP contribution in [0.4, 0.5) is 23.2 Å². The summed E-state index contributed by atoms with van der Waals surface area (Å²) in [5.41, 5.74) is -0.385. The number of hydrogen-bond acceptors (Lipinski definition) is 7. The van der Waals surface area contributed by atoms with Crippen LogP contribution in [0.3, 0.4) is 0 Å². The van der Waals surface area contributed by atoms with E-state index in [1.165, 1.54) is 24.4 Å². The first-order chi connectivity index (χ1) is 17.9. The minimum Gasteiger partial charge on any atom is -0.482 e. The van der Waals surface area contributed by atoms with Crippen LogP contribution in [0, 0.1) is 5.82 Å². The molecular weight excluding hydrogens is 520 g/mol.